The van der Waals surface area contributed by atoms with Crippen molar-refractivity contribution < 1.29 is 14.7 Å². The molecule has 0 unspecified atom stereocenters. The maximum absolute atomic E-state index is 12.9. The number of hydrogen-bond donors (Lipinski definition) is 2. The maximum atomic E-state index is 12.9. The summed E-state index contributed by atoms with van der Waals surface area (Å²) in [6, 6.07) is 23.7. The topological polar surface area (TPSA) is 69.6 Å². The molecule has 5 heteroatoms. The number of nitrogens with zero attached hydrogens (tertiary/aromatic N) is 1. The van der Waals surface area contributed by atoms with Crippen LogP contribution in [0.25, 0.3) is 0 Å². The number of nitrogens with one attached hydrogen (secondary N) is 1. The molecule has 0 bridgehead atoms. The Morgan fingerprint density at radius 1 is 0.857 bits per heavy atom. The molecule has 0 atom stereocenters. The van der Waals surface area contributed by atoms with Gasteiger partial charge in [0.05, 0.1) is 17.3 Å². The first-order valence-corrected chi connectivity index (χ1v) is 8.93. The van der Waals surface area contributed by atoms with Gasteiger partial charge >= 0.3 is 5.97 Å². The van der Waals surface area contributed by atoms with Gasteiger partial charge in [0.2, 0.25) is 0 Å². The molecule has 0 aliphatic heterocycles. The second-order valence-electron chi connectivity index (χ2n) is 6.66. The largest absolute Gasteiger partial charge is 0.478 e. The number of carbonyl (C=O) groups excluding carboxylic acids is 1. The predicted octanol–water partition coefficient (Wildman–Crippen LogP) is 3.97. The molecule has 1 amide bonds. The van der Waals surface area contributed by atoms with Crippen molar-refractivity contribution in [1.29, 1.82) is 0 Å². The van der Waals surface area contributed by atoms with E-state index in [1.807, 2.05) is 60.7 Å². The van der Waals surface area contributed by atoms with Crippen LogP contribution >= 0.6 is 0 Å². The number of aromatic carboxylic acids is 1. The van der Waals surface area contributed by atoms with Gasteiger partial charge in [0.15, 0.2) is 0 Å². The minimum Gasteiger partial charge on any atom is -0.478 e. The Labute approximate surface area is 164 Å². The van der Waals surface area contributed by atoms with Crippen LogP contribution in [0.4, 0.5) is 5.69 Å². The van der Waals surface area contributed by atoms with Crippen molar-refractivity contribution in [2.75, 3.05) is 19.0 Å². The van der Waals surface area contributed by atoms with E-state index in [4.69, 9.17) is 0 Å². The Balaban J connectivity index is 1.95. The van der Waals surface area contributed by atoms with E-state index in [1.165, 1.54) is 6.07 Å². The van der Waals surface area contributed by atoms with E-state index < -0.39 is 5.97 Å². The number of carbonyl (C=O) groups is 2. The molecule has 0 fully saturated rings. The van der Waals surface area contributed by atoms with Crippen LogP contribution in [0.2, 0.25) is 0 Å². The number of benzene rings is 3. The average Bonchev–Trinajstić information content (AvgIpc) is 2.72. The summed E-state index contributed by atoms with van der Waals surface area (Å²) in [4.78, 5) is 26.3. The third-order valence-corrected chi connectivity index (χ3v) is 4.51. The molecule has 0 aliphatic carbocycles. The van der Waals surface area contributed by atoms with Crippen LogP contribution in [0.15, 0.2) is 78.9 Å². The summed E-state index contributed by atoms with van der Waals surface area (Å²) in [5.74, 6) is -1.40. The second kappa shape index (κ2) is 8.39. The fourth-order valence-electron chi connectivity index (χ4n) is 3.10. The fraction of sp³-hybridized carbons (Fsp3) is 0.130. The highest BCUT2D eigenvalue weighted by molar-refractivity contribution is 6.01. The van der Waals surface area contributed by atoms with E-state index in [9.17, 15) is 14.7 Å². The van der Waals surface area contributed by atoms with E-state index in [0.717, 1.165) is 11.1 Å². The molecule has 3 aromatic rings. The Morgan fingerprint density at radius 2 is 1.39 bits per heavy atom. The van der Waals surface area contributed by atoms with E-state index >= 15 is 0 Å². The number of carboxylic acid groups (broad SMARTS) is 1. The minimum atomic E-state index is -1.07. The maximum Gasteiger partial charge on any atom is 0.337 e. The highest BCUT2D eigenvalue weighted by Crippen LogP contribution is 2.24. The monoisotopic (exact) mass is 374 g/mol. The summed E-state index contributed by atoms with van der Waals surface area (Å²) in [6.07, 6.45) is 0. The van der Waals surface area contributed by atoms with Crippen molar-refractivity contribution in [1.82, 2.24) is 5.32 Å². The second-order valence-corrected chi connectivity index (χ2v) is 6.66. The average molecular weight is 374 g/mol. The summed E-state index contributed by atoms with van der Waals surface area (Å²) >= 11 is 0. The minimum absolute atomic E-state index is 0.0913. The number of carboxylic acids is 1. The Hall–Kier alpha value is -3.60. The van der Waals surface area contributed by atoms with Crippen LogP contribution in [-0.2, 0) is 0 Å². The smallest absolute Gasteiger partial charge is 0.337 e. The summed E-state index contributed by atoms with van der Waals surface area (Å²) in [6.45, 7) is 0. The lowest BCUT2D eigenvalue weighted by molar-refractivity contribution is 0.0697. The van der Waals surface area contributed by atoms with Gasteiger partial charge < -0.3 is 15.3 Å². The highest BCUT2D eigenvalue weighted by Gasteiger charge is 2.20. The molecule has 28 heavy (non-hydrogen) atoms. The molecular formula is C23H22N2O3. The van der Waals surface area contributed by atoms with Crippen LogP contribution < -0.4 is 10.2 Å². The highest BCUT2D eigenvalue weighted by atomic mass is 16.4. The molecular weight excluding hydrogens is 352 g/mol. The third-order valence-electron chi connectivity index (χ3n) is 4.51. The lowest BCUT2D eigenvalue weighted by Crippen LogP contribution is -2.29. The molecule has 0 aromatic heterocycles. The van der Waals surface area contributed by atoms with Gasteiger partial charge in [-0.1, -0.05) is 60.7 Å². The summed E-state index contributed by atoms with van der Waals surface area (Å²) in [5.41, 5.74) is 2.84. The van der Waals surface area contributed by atoms with Gasteiger partial charge in [-0.25, -0.2) is 4.79 Å². The van der Waals surface area contributed by atoms with Crippen molar-refractivity contribution in [3.63, 3.8) is 0 Å². The zero-order chi connectivity index (χ0) is 20.1. The number of anilines is 1. The zero-order valence-corrected chi connectivity index (χ0v) is 15.8. The van der Waals surface area contributed by atoms with Crippen molar-refractivity contribution in [2.24, 2.45) is 0 Å². The first-order chi connectivity index (χ1) is 13.5. The van der Waals surface area contributed by atoms with Crippen molar-refractivity contribution in [3.05, 3.63) is 101 Å². The van der Waals surface area contributed by atoms with Crippen LogP contribution in [-0.4, -0.2) is 31.1 Å². The SMILES string of the molecule is CN(C)c1ccc(C(=O)NC(c2ccccc2)c2ccccc2)cc1C(=O)O. The quantitative estimate of drug-likeness (QED) is 0.685. The van der Waals surface area contributed by atoms with E-state index in [0.29, 0.717) is 11.3 Å². The molecule has 142 valence electrons. The van der Waals surface area contributed by atoms with Crippen molar-refractivity contribution in [3.8, 4) is 0 Å². The van der Waals surface area contributed by atoms with E-state index in [2.05, 4.69) is 5.32 Å². The molecule has 3 rings (SSSR count). The molecule has 0 saturated carbocycles. The first kappa shape index (κ1) is 19.2. The number of amides is 1. The Kier molecular flexibility index (Phi) is 5.75. The third kappa shape index (κ3) is 4.20. The van der Waals surface area contributed by atoms with Gasteiger partial charge in [-0.15, -0.1) is 0 Å². The lowest BCUT2D eigenvalue weighted by atomic mass is 9.98. The normalized spacial score (nSPS) is 10.5. The van der Waals surface area contributed by atoms with Gasteiger partial charge in [0.25, 0.3) is 5.91 Å². The van der Waals surface area contributed by atoms with Crippen molar-refractivity contribution in [2.45, 2.75) is 6.04 Å². The first-order valence-electron chi connectivity index (χ1n) is 8.93. The van der Waals surface area contributed by atoms with Crippen LogP contribution in [0, 0.1) is 0 Å². The van der Waals surface area contributed by atoms with E-state index in [-0.39, 0.29) is 17.5 Å². The fourth-order valence-corrected chi connectivity index (χ4v) is 3.10. The van der Waals surface area contributed by atoms with Crippen LogP contribution in [0.5, 0.6) is 0 Å². The zero-order valence-electron chi connectivity index (χ0n) is 15.8. The summed E-state index contributed by atoms with van der Waals surface area (Å²) in [7, 11) is 3.53. The van der Waals surface area contributed by atoms with Gasteiger partial charge in [0, 0.05) is 19.7 Å². The van der Waals surface area contributed by atoms with Gasteiger partial charge in [-0.2, -0.15) is 0 Å². The van der Waals surface area contributed by atoms with E-state index in [1.54, 1.807) is 31.1 Å². The standard InChI is InChI=1S/C23H22N2O3/c1-25(2)20-14-13-18(15-19(20)23(27)28)22(26)24-21(16-9-5-3-6-10-16)17-11-7-4-8-12-17/h3-15,21H,1-2H3,(H,24,26)(H,27,28). The van der Waals surface area contributed by atoms with Crippen LogP contribution in [0.1, 0.15) is 37.9 Å². The summed E-state index contributed by atoms with van der Waals surface area (Å²) < 4.78 is 0. The Bertz CT molecular complexity index is 930. The summed E-state index contributed by atoms with van der Waals surface area (Å²) in [5, 5.41) is 12.5. The van der Waals surface area contributed by atoms with Gasteiger partial charge in [0.1, 0.15) is 0 Å². The molecule has 0 heterocycles. The van der Waals surface area contributed by atoms with Crippen molar-refractivity contribution >= 4 is 17.6 Å². The predicted molar refractivity (Wildman–Crippen MR) is 110 cm³/mol. The molecule has 0 spiro atoms. The molecule has 0 radical (unpaired) electrons. The molecule has 3 aromatic carbocycles. The molecule has 5 nitrogen and oxygen atoms in total. The molecule has 0 saturated heterocycles. The number of rotatable bonds is 6. The number of hydrogen-bond acceptors (Lipinski definition) is 3. The van der Waals surface area contributed by atoms with Gasteiger partial charge in [-0.3, -0.25) is 4.79 Å². The lowest BCUT2D eigenvalue weighted by Gasteiger charge is -2.21. The molecule has 2 N–H and O–H groups in total. The van der Waals surface area contributed by atoms with Crippen LogP contribution in [0.3, 0.4) is 0 Å². The molecule has 0 aliphatic rings. The Morgan fingerprint density at radius 3 is 1.86 bits per heavy atom. The van der Waals surface area contributed by atoms with Gasteiger partial charge in [-0.05, 0) is 29.3 Å².